The second-order valence-electron chi connectivity index (χ2n) is 0. The van der Waals surface area contributed by atoms with E-state index in [0.717, 1.165) is 0 Å². The van der Waals surface area contributed by atoms with Crippen LogP contribution in [0.2, 0.25) is 0 Å². The predicted octanol–water partition coefficient (Wildman–Crippen LogP) is -4.01. The molecule has 0 bridgehead atoms. The van der Waals surface area contributed by atoms with Gasteiger partial charge < -0.3 is 27.4 Å². The average molecular weight is 124 g/mol. The molecule has 0 aromatic rings. The summed E-state index contributed by atoms with van der Waals surface area (Å²) in [6.07, 6.45) is 0. The van der Waals surface area contributed by atoms with Crippen molar-refractivity contribution in [2.24, 2.45) is 0 Å². The lowest BCUT2D eigenvalue weighted by molar-refractivity contribution is 0.823. The van der Waals surface area contributed by atoms with Crippen molar-refractivity contribution in [1.29, 1.82) is 0 Å². The lowest BCUT2D eigenvalue weighted by atomic mass is 16.0. The molecule has 0 spiro atoms. The van der Waals surface area contributed by atoms with Gasteiger partial charge in [-0.1, -0.05) is 0 Å². The van der Waals surface area contributed by atoms with E-state index >= 15 is 0 Å². The highest BCUT2D eigenvalue weighted by Crippen LogP contribution is 0.648. The van der Waals surface area contributed by atoms with Crippen LogP contribution in [0.5, 0.6) is 0 Å². The van der Waals surface area contributed by atoms with Gasteiger partial charge in [0.25, 0.3) is 0 Å². The average Bonchev–Trinajstić information content (AvgIpc) is 0. The van der Waals surface area contributed by atoms with Gasteiger partial charge in [0.2, 0.25) is 0 Å². The minimum atomic E-state index is 0. The third-order valence-corrected chi connectivity index (χ3v) is 0. The van der Waals surface area contributed by atoms with Crippen molar-refractivity contribution in [2.45, 2.75) is 0 Å². The molecule has 0 aromatic carbocycles. The Morgan fingerprint density at radius 2 is 0.333 bits per heavy atom. The van der Waals surface area contributed by atoms with Crippen LogP contribution in [0, 0.1) is 0 Å². The molecule has 6 heavy (non-hydrogen) atoms. The lowest BCUT2D eigenvalue weighted by Crippen LogP contribution is -0.290. The maximum Gasteiger partial charge on any atom is -0.197 e. The van der Waals surface area contributed by atoms with Gasteiger partial charge in [0.05, 0.1) is 0 Å². The van der Waals surface area contributed by atoms with Gasteiger partial charge in [-0.05, 0) is 0 Å². The molecule has 0 fully saturated rings. The second-order valence-corrected chi connectivity index (χ2v) is 0. The highest BCUT2D eigenvalue weighted by atomic mass is 32.1. The van der Waals surface area contributed by atoms with Crippen molar-refractivity contribution in [3.63, 3.8) is 0 Å². The summed E-state index contributed by atoms with van der Waals surface area (Å²) in [7, 11) is 0. The van der Waals surface area contributed by atoms with E-state index in [4.69, 9.17) is 0 Å². The van der Waals surface area contributed by atoms with Gasteiger partial charge in [-0.2, -0.15) is 13.5 Å². The monoisotopic (exact) mass is 124 g/mol. The SMILES string of the molecule is O.O.O.O.O.S. The van der Waals surface area contributed by atoms with E-state index in [2.05, 4.69) is 0 Å². The first-order chi connectivity index (χ1) is 0. The Morgan fingerprint density at radius 1 is 0.333 bits per heavy atom. The highest BCUT2D eigenvalue weighted by molar-refractivity contribution is 7.59. The zero-order chi connectivity index (χ0) is 0. The summed E-state index contributed by atoms with van der Waals surface area (Å²) in [5.41, 5.74) is 0. The van der Waals surface area contributed by atoms with Gasteiger partial charge >= 0.3 is 0 Å². The van der Waals surface area contributed by atoms with E-state index in [-0.39, 0.29) is 40.9 Å². The second kappa shape index (κ2) is 3940. The minimum absolute atomic E-state index is 0. The van der Waals surface area contributed by atoms with Crippen LogP contribution in [0.15, 0.2) is 0 Å². The molecule has 6 heteroatoms. The van der Waals surface area contributed by atoms with Gasteiger partial charge in [0.15, 0.2) is 0 Å². The quantitative estimate of drug-likeness (QED) is 0.308. The fraction of sp³-hybridized carbons (Fsp3) is 0. The molecule has 0 unspecified atom stereocenters. The van der Waals surface area contributed by atoms with Gasteiger partial charge in [0, 0.05) is 0 Å². The fourth-order valence-corrected chi connectivity index (χ4v) is 0. The van der Waals surface area contributed by atoms with Crippen LogP contribution >= 0.6 is 13.5 Å². The summed E-state index contributed by atoms with van der Waals surface area (Å²) in [4.78, 5) is 0. The number of hydrogen-bond donors (Lipinski definition) is 0. The van der Waals surface area contributed by atoms with E-state index < -0.39 is 0 Å². The fourth-order valence-electron chi connectivity index (χ4n) is 0. The molecule has 0 radical (unpaired) electrons. The van der Waals surface area contributed by atoms with Crippen molar-refractivity contribution in [3.8, 4) is 0 Å². The number of rotatable bonds is 0. The molecule has 0 heterocycles. The van der Waals surface area contributed by atoms with Crippen molar-refractivity contribution in [1.82, 2.24) is 0 Å². The van der Waals surface area contributed by atoms with Crippen LogP contribution in [0.4, 0.5) is 0 Å². The zero-order valence-corrected chi connectivity index (χ0v) is 4.00. The molecule has 0 aliphatic heterocycles. The molecule has 10 N–H and O–H groups in total. The normalized spacial score (nSPS) is 0. The summed E-state index contributed by atoms with van der Waals surface area (Å²) in [5, 5.41) is 0. The topological polar surface area (TPSA) is 158 Å². The van der Waals surface area contributed by atoms with Gasteiger partial charge in [0.1, 0.15) is 0 Å². The van der Waals surface area contributed by atoms with Crippen LogP contribution < -0.4 is 0 Å². The number of hydrogen-bond acceptors (Lipinski definition) is 0. The van der Waals surface area contributed by atoms with Crippen LogP contribution in [0.25, 0.3) is 0 Å². The van der Waals surface area contributed by atoms with Crippen LogP contribution in [0.3, 0.4) is 0 Å². The Hall–Kier alpha value is 0.150. The highest BCUT2D eigenvalue weighted by Gasteiger charge is -0.197. The van der Waals surface area contributed by atoms with Crippen LogP contribution in [-0.4, -0.2) is 27.4 Å². The van der Waals surface area contributed by atoms with Crippen molar-refractivity contribution in [2.75, 3.05) is 0 Å². The smallest absolute Gasteiger partial charge is 0.197 e. The van der Waals surface area contributed by atoms with Crippen molar-refractivity contribution < 1.29 is 27.4 Å². The maximum atomic E-state index is 0. The maximum absolute atomic E-state index is 0. The predicted molar refractivity (Wildman–Crippen MR) is 28.4 cm³/mol. The van der Waals surface area contributed by atoms with Gasteiger partial charge in [-0.25, -0.2) is 0 Å². The summed E-state index contributed by atoms with van der Waals surface area (Å²) in [5.74, 6) is 0. The molecular formula is H12O5S. The largest absolute Gasteiger partial charge is 0.412 e. The third kappa shape index (κ3) is 1830. The van der Waals surface area contributed by atoms with E-state index in [9.17, 15) is 0 Å². The molecule has 0 rings (SSSR count). The molecule has 0 saturated carbocycles. The van der Waals surface area contributed by atoms with Crippen LogP contribution in [0.1, 0.15) is 0 Å². The molecule has 0 aliphatic carbocycles. The summed E-state index contributed by atoms with van der Waals surface area (Å²) in [6.45, 7) is 0. The van der Waals surface area contributed by atoms with E-state index in [0.29, 0.717) is 0 Å². The molecule has 0 aliphatic rings. The Labute approximate surface area is 42.0 Å². The molecule has 0 amide bonds. The van der Waals surface area contributed by atoms with Gasteiger partial charge in [-0.3, -0.25) is 0 Å². The van der Waals surface area contributed by atoms with E-state index in [1.165, 1.54) is 0 Å². The Kier molecular flexibility index (Phi) is 4760000. The first-order valence-electron chi connectivity index (χ1n) is 0. The van der Waals surface area contributed by atoms with Crippen molar-refractivity contribution in [3.05, 3.63) is 0 Å². The third-order valence-electron chi connectivity index (χ3n) is 0. The molecule has 48 valence electrons. The molecule has 0 saturated heterocycles. The van der Waals surface area contributed by atoms with Crippen LogP contribution in [-0.2, 0) is 0 Å². The Morgan fingerprint density at radius 3 is 0.333 bits per heavy atom. The lowest BCUT2D eigenvalue weighted by Gasteiger charge is -0.413. The summed E-state index contributed by atoms with van der Waals surface area (Å²) < 4.78 is 0. The summed E-state index contributed by atoms with van der Waals surface area (Å²) >= 11 is 0. The van der Waals surface area contributed by atoms with E-state index in [1.54, 1.807) is 0 Å². The molecule has 5 nitrogen and oxygen atoms in total. The minimum Gasteiger partial charge on any atom is -0.412 e. The van der Waals surface area contributed by atoms with Crippen molar-refractivity contribution >= 4 is 13.5 Å². The molecule has 0 atom stereocenters. The van der Waals surface area contributed by atoms with E-state index in [1.807, 2.05) is 0 Å². The standard InChI is InChI=1S/5H2O.H2S/h6*1H2. The van der Waals surface area contributed by atoms with Gasteiger partial charge in [-0.15, -0.1) is 0 Å². The summed E-state index contributed by atoms with van der Waals surface area (Å²) in [6, 6.07) is 0. The Bertz CT molecular complexity index is 3.90. The molecule has 0 aromatic heterocycles. The first-order valence-corrected chi connectivity index (χ1v) is 0. The Balaban J connectivity index is 0. The first kappa shape index (κ1) is 7250. The molecular weight excluding hydrogens is 112 g/mol. The zero-order valence-electron chi connectivity index (χ0n) is 3.00.